The first kappa shape index (κ1) is 15.3. The van der Waals surface area contributed by atoms with Crippen LogP contribution in [0.3, 0.4) is 0 Å². The lowest BCUT2D eigenvalue weighted by Gasteiger charge is -2.32. The highest BCUT2D eigenvalue weighted by molar-refractivity contribution is 5.66. The number of likely N-dealkylation sites (tertiary alicyclic amines) is 1. The van der Waals surface area contributed by atoms with Crippen molar-refractivity contribution in [2.24, 2.45) is 5.41 Å². The molecule has 2 atom stereocenters. The van der Waals surface area contributed by atoms with Crippen LogP contribution in [0, 0.1) is 22.5 Å². The first-order valence-corrected chi connectivity index (χ1v) is 6.81. The van der Waals surface area contributed by atoms with Gasteiger partial charge in [0.2, 0.25) is 0 Å². The van der Waals surface area contributed by atoms with Gasteiger partial charge in [-0.05, 0) is 18.8 Å². The second-order valence-electron chi connectivity index (χ2n) is 6.54. The second kappa shape index (κ2) is 5.01. The molecule has 1 aliphatic heterocycles. The molecule has 1 aromatic heterocycles. The highest BCUT2D eigenvalue weighted by atomic mass is 16.6. The van der Waals surface area contributed by atoms with Crippen LogP contribution in [0.1, 0.15) is 38.9 Å². The molecule has 1 fully saturated rings. The number of hydrogen-bond donors (Lipinski definition) is 1. The number of amides is 1. The Morgan fingerprint density at radius 3 is 2.52 bits per heavy atom. The van der Waals surface area contributed by atoms with Crippen LogP contribution in [0.5, 0.6) is 0 Å². The SMILES string of the molecule is Cc1nn(C2CC(C(C)(C)C)N(C(=O)O)C2)cc1[N+](=O)[O-]. The molecular weight excluding hydrogens is 276 g/mol. The van der Waals surface area contributed by atoms with Gasteiger partial charge >= 0.3 is 11.8 Å². The van der Waals surface area contributed by atoms with Crippen molar-refractivity contribution in [2.45, 2.75) is 46.2 Å². The lowest BCUT2D eigenvalue weighted by molar-refractivity contribution is -0.385. The molecule has 1 aromatic rings. The summed E-state index contributed by atoms with van der Waals surface area (Å²) in [5.41, 5.74) is 0.124. The van der Waals surface area contributed by atoms with Gasteiger partial charge in [0.05, 0.1) is 11.0 Å². The van der Waals surface area contributed by atoms with Crippen molar-refractivity contribution in [1.82, 2.24) is 14.7 Å². The Kier molecular flexibility index (Phi) is 3.65. The number of nitro groups is 1. The third kappa shape index (κ3) is 2.84. The Hall–Kier alpha value is -2.12. The van der Waals surface area contributed by atoms with Crippen LogP contribution in [0.2, 0.25) is 0 Å². The summed E-state index contributed by atoms with van der Waals surface area (Å²) < 4.78 is 1.54. The molecule has 2 rings (SSSR count). The number of carboxylic acid groups (broad SMARTS) is 1. The largest absolute Gasteiger partial charge is 0.465 e. The summed E-state index contributed by atoms with van der Waals surface area (Å²) in [6.07, 6.45) is 1.04. The van der Waals surface area contributed by atoms with Crippen LogP contribution in [-0.4, -0.2) is 43.4 Å². The predicted molar refractivity (Wildman–Crippen MR) is 75.2 cm³/mol. The summed E-state index contributed by atoms with van der Waals surface area (Å²) in [5.74, 6) is 0. The van der Waals surface area contributed by atoms with Crippen LogP contribution in [0.25, 0.3) is 0 Å². The van der Waals surface area contributed by atoms with Crippen LogP contribution >= 0.6 is 0 Å². The average molecular weight is 296 g/mol. The molecule has 0 spiro atoms. The molecule has 0 saturated carbocycles. The summed E-state index contributed by atoms with van der Waals surface area (Å²) in [6, 6.07) is -0.304. The second-order valence-corrected chi connectivity index (χ2v) is 6.54. The van der Waals surface area contributed by atoms with Crippen molar-refractivity contribution in [3.63, 3.8) is 0 Å². The first-order valence-electron chi connectivity index (χ1n) is 6.81. The van der Waals surface area contributed by atoms with E-state index in [-0.39, 0.29) is 23.2 Å². The highest BCUT2D eigenvalue weighted by Gasteiger charge is 2.43. The fourth-order valence-electron chi connectivity index (χ4n) is 2.88. The number of nitrogens with zero attached hydrogens (tertiary/aromatic N) is 4. The predicted octanol–water partition coefficient (Wildman–Crippen LogP) is 2.44. The third-order valence-electron chi connectivity index (χ3n) is 3.99. The Labute approximate surface area is 122 Å². The van der Waals surface area contributed by atoms with Gasteiger partial charge in [-0.2, -0.15) is 5.10 Å². The summed E-state index contributed by atoms with van der Waals surface area (Å²) in [5, 5.41) is 24.4. The Morgan fingerprint density at radius 1 is 1.52 bits per heavy atom. The maximum atomic E-state index is 11.4. The van der Waals surface area contributed by atoms with E-state index in [4.69, 9.17) is 0 Å². The van der Waals surface area contributed by atoms with E-state index in [2.05, 4.69) is 5.10 Å². The van der Waals surface area contributed by atoms with Crippen LogP contribution < -0.4 is 0 Å². The van der Waals surface area contributed by atoms with Crippen molar-refractivity contribution in [3.8, 4) is 0 Å². The molecule has 1 aliphatic rings. The summed E-state index contributed by atoms with van der Waals surface area (Å²) in [4.78, 5) is 23.2. The zero-order valence-corrected chi connectivity index (χ0v) is 12.6. The monoisotopic (exact) mass is 296 g/mol. The van der Waals surface area contributed by atoms with Gasteiger partial charge in [-0.1, -0.05) is 20.8 Å². The van der Waals surface area contributed by atoms with E-state index in [0.717, 1.165) is 0 Å². The van der Waals surface area contributed by atoms with E-state index in [1.807, 2.05) is 20.8 Å². The maximum Gasteiger partial charge on any atom is 0.407 e. The maximum absolute atomic E-state index is 11.4. The molecule has 116 valence electrons. The van der Waals surface area contributed by atoms with Gasteiger partial charge in [0.25, 0.3) is 0 Å². The van der Waals surface area contributed by atoms with Crippen molar-refractivity contribution in [1.29, 1.82) is 0 Å². The van der Waals surface area contributed by atoms with Gasteiger partial charge in [0.1, 0.15) is 11.9 Å². The van der Waals surface area contributed by atoms with Crippen LogP contribution in [0.15, 0.2) is 6.20 Å². The minimum Gasteiger partial charge on any atom is -0.465 e. The van der Waals surface area contributed by atoms with E-state index in [0.29, 0.717) is 18.7 Å². The van der Waals surface area contributed by atoms with Crippen molar-refractivity contribution >= 4 is 11.8 Å². The van der Waals surface area contributed by atoms with Gasteiger partial charge in [-0.3, -0.25) is 14.8 Å². The molecule has 2 unspecified atom stereocenters. The van der Waals surface area contributed by atoms with E-state index >= 15 is 0 Å². The number of carbonyl (C=O) groups is 1. The standard InChI is InChI=1S/C13H20N4O4/c1-8-10(17(20)21)7-16(14-8)9-5-11(13(2,3)4)15(6-9)12(18)19/h7,9,11H,5-6H2,1-4H3,(H,18,19). The Balaban J connectivity index is 2.29. The topological polar surface area (TPSA) is 102 Å². The van der Waals surface area contributed by atoms with Gasteiger partial charge in [-0.15, -0.1) is 0 Å². The summed E-state index contributed by atoms with van der Waals surface area (Å²) >= 11 is 0. The zero-order valence-electron chi connectivity index (χ0n) is 12.6. The number of aryl methyl sites for hydroxylation is 1. The molecule has 0 aromatic carbocycles. The first-order chi connectivity index (χ1) is 9.61. The molecule has 0 aliphatic carbocycles. The number of rotatable bonds is 2. The fraction of sp³-hybridized carbons (Fsp3) is 0.692. The van der Waals surface area contributed by atoms with Crippen molar-refractivity contribution in [3.05, 3.63) is 22.0 Å². The van der Waals surface area contributed by atoms with Crippen LogP contribution in [0.4, 0.5) is 10.5 Å². The van der Waals surface area contributed by atoms with Crippen molar-refractivity contribution in [2.75, 3.05) is 6.54 Å². The quantitative estimate of drug-likeness (QED) is 0.667. The van der Waals surface area contributed by atoms with Crippen molar-refractivity contribution < 1.29 is 14.8 Å². The Morgan fingerprint density at radius 2 is 2.14 bits per heavy atom. The molecular formula is C13H20N4O4. The lowest BCUT2D eigenvalue weighted by Crippen LogP contribution is -2.42. The zero-order chi connectivity index (χ0) is 15.9. The van der Waals surface area contributed by atoms with Gasteiger partial charge in [0, 0.05) is 12.6 Å². The molecule has 0 bridgehead atoms. The molecule has 8 nitrogen and oxygen atoms in total. The van der Waals surface area contributed by atoms with Crippen LogP contribution in [-0.2, 0) is 0 Å². The van der Waals surface area contributed by atoms with Gasteiger partial charge < -0.3 is 10.0 Å². The third-order valence-corrected chi connectivity index (χ3v) is 3.99. The molecule has 21 heavy (non-hydrogen) atoms. The number of aromatic nitrogens is 2. The van der Waals surface area contributed by atoms with Gasteiger partial charge in [-0.25, -0.2) is 4.79 Å². The number of hydrogen-bond acceptors (Lipinski definition) is 4. The molecule has 0 radical (unpaired) electrons. The average Bonchev–Trinajstić information content (AvgIpc) is 2.90. The smallest absolute Gasteiger partial charge is 0.407 e. The van der Waals surface area contributed by atoms with E-state index in [1.54, 1.807) is 6.92 Å². The Bertz CT molecular complexity index is 575. The van der Waals surface area contributed by atoms with Gasteiger partial charge in [0.15, 0.2) is 0 Å². The minimum atomic E-state index is -0.962. The summed E-state index contributed by atoms with van der Waals surface area (Å²) in [7, 11) is 0. The molecule has 1 amide bonds. The normalized spacial score (nSPS) is 22.6. The van der Waals surface area contributed by atoms with E-state index < -0.39 is 11.0 Å². The van der Waals surface area contributed by atoms with E-state index in [9.17, 15) is 20.0 Å². The molecule has 8 heteroatoms. The molecule has 2 heterocycles. The molecule has 1 saturated heterocycles. The minimum absolute atomic E-state index is 0.0314. The fourth-order valence-corrected chi connectivity index (χ4v) is 2.88. The highest BCUT2D eigenvalue weighted by Crippen LogP contribution is 2.38. The lowest BCUT2D eigenvalue weighted by atomic mass is 9.85. The van der Waals surface area contributed by atoms with E-state index in [1.165, 1.54) is 15.8 Å². The molecule has 1 N–H and O–H groups in total. The summed E-state index contributed by atoms with van der Waals surface area (Å²) in [6.45, 7) is 7.86.